The highest BCUT2D eigenvalue weighted by Gasteiger charge is 2.23. The first-order valence-corrected chi connectivity index (χ1v) is 10.6. The van der Waals surface area contributed by atoms with Crippen molar-refractivity contribution in [3.63, 3.8) is 0 Å². The van der Waals surface area contributed by atoms with Gasteiger partial charge in [0.05, 0.1) is 12.7 Å². The van der Waals surface area contributed by atoms with Crippen LogP contribution in [0.1, 0.15) is 84.6 Å². The van der Waals surface area contributed by atoms with Crippen molar-refractivity contribution < 1.29 is 4.74 Å². The van der Waals surface area contributed by atoms with Crippen LogP contribution in [-0.4, -0.2) is 12.1 Å². The predicted octanol–water partition coefficient (Wildman–Crippen LogP) is 6.33. The number of ether oxygens (including phenoxy) is 1. The van der Waals surface area contributed by atoms with Gasteiger partial charge in [-0.05, 0) is 36.7 Å². The number of benzene rings is 1. The minimum atomic E-state index is 0.480. The average Bonchev–Trinajstić information content (AvgIpc) is 2.68. The Morgan fingerprint density at radius 2 is 1.52 bits per heavy atom. The fourth-order valence-corrected chi connectivity index (χ4v) is 3.64. The Kier molecular flexibility index (Phi) is 11.9. The van der Waals surface area contributed by atoms with E-state index in [1.54, 1.807) is 0 Å². The highest BCUT2D eigenvalue weighted by Crippen LogP contribution is 2.27. The van der Waals surface area contributed by atoms with Gasteiger partial charge in [-0.25, -0.2) is 0 Å². The highest BCUT2D eigenvalue weighted by atomic mass is 16.5. The molecule has 2 aliphatic rings. The molecule has 2 aliphatic carbocycles. The maximum atomic E-state index is 5.87. The molecular weight excluding hydrogens is 306 g/mol. The Balaban J connectivity index is 0.000000246. The molecule has 2 N–H and O–H groups in total. The lowest BCUT2D eigenvalue weighted by Gasteiger charge is -2.31. The summed E-state index contributed by atoms with van der Waals surface area (Å²) in [6.45, 7) is 9.36. The fourth-order valence-electron chi connectivity index (χ4n) is 3.64. The van der Waals surface area contributed by atoms with Gasteiger partial charge < -0.3 is 10.5 Å². The minimum Gasteiger partial charge on any atom is -0.374 e. The van der Waals surface area contributed by atoms with E-state index in [-0.39, 0.29) is 0 Å². The summed E-state index contributed by atoms with van der Waals surface area (Å²) in [7, 11) is 0. The van der Waals surface area contributed by atoms with E-state index < -0.39 is 0 Å². The van der Waals surface area contributed by atoms with Gasteiger partial charge in [-0.3, -0.25) is 0 Å². The standard InChI is InChI=1S/C13H18O.C8H17N.C2H6/c1-3-7-12(8-4-1)11-14-13-9-5-2-6-10-13;1-6-4-3-5-8(9)7(6)2;1-2/h1,3-4,7-8,13H,2,5-6,9-11H2;6-8H,3-5,9H2,1-2H3;1-2H3. The minimum absolute atomic E-state index is 0.480. The molecule has 2 nitrogen and oxygen atoms in total. The third kappa shape index (κ3) is 8.87. The molecule has 0 bridgehead atoms. The molecule has 0 aromatic heterocycles. The van der Waals surface area contributed by atoms with Crippen molar-refractivity contribution in [2.45, 2.75) is 97.8 Å². The Hall–Kier alpha value is -0.860. The maximum Gasteiger partial charge on any atom is 0.0720 e. The van der Waals surface area contributed by atoms with Crippen molar-refractivity contribution in [2.75, 3.05) is 0 Å². The number of hydrogen-bond donors (Lipinski definition) is 1. The van der Waals surface area contributed by atoms with Crippen LogP contribution in [0.5, 0.6) is 0 Å². The Bertz CT molecular complexity index is 403. The third-order valence-electron chi connectivity index (χ3n) is 5.65. The van der Waals surface area contributed by atoms with E-state index in [2.05, 4.69) is 38.1 Å². The normalized spacial score (nSPS) is 26.7. The number of hydrogen-bond acceptors (Lipinski definition) is 2. The zero-order valence-electron chi connectivity index (χ0n) is 17.0. The Morgan fingerprint density at radius 1 is 0.880 bits per heavy atom. The third-order valence-corrected chi connectivity index (χ3v) is 5.65. The van der Waals surface area contributed by atoms with Gasteiger partial charge in [-0.15, -0.1) is 0 Å². The number of rotatable bonds is 3. The topological polar surface area (TPSA) is 35.2 Å². The van der Waals surface area contributed by atoms with Crippen LogP contribution in [0.25, 0.3) is 0 Å². The summed E-state index contributed by atoms with van der Waals surface area (Å²) in [6.07, 6.45) is 11.1. The molecule has 1 aromatic carbocycles. The predicted molar refractivity (Wildman–Crippen MR) is 110 cm³/mol. The van der Waals surface area contributed by atoms with Crippen molar-refractivity contribution in [1.82, 2.24) is 0 Å². The fraction of sp³-hybridized carbons (Fsp3) is 0.739. The largest absolute Gasteiger partial charge is 0.374 e. The van der Waals surface area contributed by atoms with Gasteiger partial charge in [0, 0.05) is 6.04 Å². The van der Waals surface area contributed by atoms with Gasteiger partial charge in [0.25, 0.3) is 0 Å². The van der Waals surface area contributed by atoms with Crippen LogP contribution < -0.4 is 5.73 Å². The zero-order valence-corrected chi connectivity index (χ0v) is 17.0. The molecule has 0 amide bonds. The molecule has 2 fully saturated rings. The second-order valence-electron chi connectivity index (χ2n) is 7.49. The molecule has 0 saturated heterocycles. The summed E-state index contributed by atoms with van der Waals surface area (Å²) < 4.78 is 5.87. The van der Waals surface area contributed by atoms with E-state index >= 15 is 0 Å². The summed E-state index contributed by atoms with van der Waals surface area (Å²) in [5.74, 6) is 1.60. The van der Waals surface area contributed by atoms with Crippen LogP contribution in [0.15, 0.2) is 30.3 Å². The maximum absolute atomic E-state index is 5.87. The van der Waals surface area contributed by atoms with E-state index in [1.165, 1.54) is 56.9 Å². The molecule has 0 aliphatic heterocycles. The smallest absolute Gasteiger partial charge is 0.0720 e. The highest BCUT2D eigenvalue weighted by molar-refractivity contribution is 5.13. The van der Waals surface area contributed by atoms with Crippen LogP contribution in [0, 0.1) is 11.8 Å². The monoisotopic (exact) mass is 347 g/mol. The van der Waals surface area contributed by atoms with Gasteiger partial charge in [-0.1, -0.05) is 90.1 Å². The lowest BCUT2D eigenvalue weighted by atomic mass is 9.78. The van der Waals surface area contributed by atoms with Crippen LogP contribution >= 0.6 is 0 Å². The van der Waals surface area contributed by atoms with Crippen LogP contribution in [0.3, 0.4) is 0 Å². The molecule has 25 heavy (non-hydrogen) atoms. The first kappa shape index (κ1) is 22.2. The van der Waals surface area contributed by atoms with Crippen molar-refractivity contribution in [3.05, 3.63) is 35.9 Å². The SMILES string of the molecule is CC.CC1CCCC(N)C1C.c1ccc(COC2CCCCC2)cc1. The summed E-state index contributed by atoms with van der Waals surface area (Å²) in [4.78, 5) is 0. The molecule has 0 radical (unpaired) electrons. The number of nitrogens with two attached hydrogens (primary N) is 1. The van der Waals surface area contributed by atoms with E-state index in [0.717, 1.165) is 18.4 Å². The molecule has 3 unspecified atom stereocenters. The lowest BCUT2D eigenvalue weighted by molar-refractivity contribution is 0.0169. The van der Waals surface area contributed by atoms with Crippen LogP contribution in [0.2, 0.25) is 0 Å². The van der Waals surface area contributed by atoms with Crippen molar-refractivity contribution in [2.24, 2.45) is 17.6 Å². The Morgan fingerprint density at radius 3 is 2.08 bits per heavy atom. The molecule has 2 saturated carbocycles. The van der Waals surface area contributed by atoms with Gasteiger partial charge >= 0.3 is 0 Å². The lowest BCUT2D eigenvalue weighted by Crippen LogP contribution is -2.35. The molecule has 0 spiro atoms. The van der Waals surface area contributed by atoms with E-state index in [9.17, 15) is 0 Å². The van der Waals surface area contributed by atoms with E-state index in [4.69, 9.17) is 10.5 Å². The summed E-state index contributed by atoms with van der Waals surface area (Å²) in [5.41, 5.74) is 7.16. The molecular formula is C23H41NO. The first-order valence-electron chi connectivity index (χ1n) is 10.6. The molecule has 2 heteroatoms. The molecule has 0 heterocycles. The molecule has 1 aromatic rings. The van der Waals surface area contributed by atoms with Gasteiger partial charge in [0.1, 0.15) is 0 Å². The Labute approximate surface area is 156 Å². The van der Waals surface area contributed by atoms with Crippen molar-refractivity contribution in [3.8, 4) is 0 Å². The van der Waals surface area contributed by atoms with Crippen LogP contribution in [0.4, 0.5) is 0 Å². The second-order valence-corrected chi connectivity index (χ2v) is 7.49. The quantitative estimate of drug-likeness (QED) is 0.693. The average molecular weight is 348 g/mol. The molecule has 3 rings (SSSR count). The summed E-state index contributed by atoms with van der Waals surface area (Å²) in [6, 6.07) is 10.9. The van der Waals surface area contributed by atoms with E-state index in [0.29, 0.717) is 12.1 Å². The summed E-state index contributed by atoms with van der Waals surface area (Å²) >= 11 is 0. The second kappa shape index (κ2) is 13.4. The van der Waals surface area contributed by atoms with Gasteiger partial charge in [0.15, 0.2) is 0 Å². The van der Waals surface area contributed by atoms with Crippen LogP contribution in [-0.2, 0) is 11.3 Å². The van der Waals surface area contributed by atoms with Gasteiger partial charge in [0.2, 0.25) is 0 Å². The molecule has 144 valence electrons. The van der Waals surface area contributed by atoms with Crippen molar-refractivity contribution in [1.29, 1.82) is 0 Å². The van der Waals surface area contributed by atoms with Gasteiger partial charge in [-0.2, -0.15) is 0 Å². The molecule has 3 atom stereocenters. The first-order chi connectivity index (χ1) is 12.2. The van der Waals surface area contributed by atoms with E-state index in [1.807, 2.05) is 19.9 Å². The summed E-state index contributed by atoms with van der Waals surface area (Å²) in [5, 5.41) is 0. The zero-order chi connectivity index (χ0) is 18.5. The van der Waals surface area contributed by atoms with Crippen molar-refractivity contribution >= 4 is 0 Å².